The number of halogens is 2. The molecule has 0 aromatic heterocycles. The normalized spacial score (nSPS) is 13.7. The van der Waals surface area contributed by atoms with E-state index in [9.17, 15) is 4.79 Å². The summed E-state index contributed by atoms with van der Waals surface area (Å²) in [5.74, 6) is 0.111. The number of benzene rings is 1. The summed E-state index contributed by atoms with van der Waals surface area (Å²) in [6, 6.07) is 3.84. The van der Waals surface area contributed by atoms with Crippen LogP contribution in [0.15, 0.2) is 18.2 Å². The second kappa shape index (κ2) is 7.14. The van der Waals surface area contributed by atoms with Gasteiger partial charge in [-0.25, -0.2) is 0 Å². The highest BCUT2D eigenvalue weighted by molar-refractivity contribution is 6.42. The van der Waals surface area contributed by atoms with Crippen molar-refractivity contribution in [2.24, 2.45) is 0 Å². The Balaban J connectivity index is 2.06. The fourth-order valence-electron chi connectivity index (χ4n) is 2.48. The first-order chi connectivity index (χ1) is 9.63. The summed E-state index contributed by atoms with van der Waals surface area (Å²) in [5, 5.41) is 4.16. The molecule has 1 amide bonds. The Labute approximate surface area is 130 Å². The maximum Gasteiger partial charge on any atom is 0.220 e. The molecule has 4 heteroatoms. The SMILES string of the molecule is CCCNC(=O)CCC1=CCCc2c1ccc(Cl)c2Cl. The van der Waals surface area contributed by atoms with Gasteiger partial charge in [-0.2, -0.15) is 0 Å². The average Bonchev–Trinajstić information content (AvgIpc) is 2.46. The summed E-state index contributed by atoms with van der Waals surface area (Å²) < 4.78 is 0. The molecule has 0 heterocycles. The van der Waals surface area contributed by atoms with Crippen LogP contribution >= 0.6 is 23.2 Å². The number of nitrogens with one attached hydrogen (secondary N) is 1. The van der Waals surface area contributed by atoms with E-state index in [0.717, 1.165) is 43.4 Å². The quantitative estimate of drug-likeness (QED) is 0.844. The van der Waals surface area contributed by atoms with E-state index in [1.807, 2.05) is 19.1 Å². The molecule has 2 nitrogen and oxygen atoms in total. The van der Waals surface area contributed by atoms with Gasteiger partial charge in [-0.3, -0.25) is 4.79 Å². The molecule has 0 atom stereocenters. The Morgan fingerprint density at radius 3 is 2.90 bits per heavy atom. The van der Waals surface area contributed by atoms with Crippen molar-refractivity contribution in [1.82, 2.24) is 5.32 Å². The molecule has 2 rings (SSSR count). The standard InChI is InChI=1S/C16H19Cl2NO/c1-2-10-19-15(20)9-6-11-4-3-5-13-12(11)7-8-14(17)16(13)18/h4,7-8H,2-3,5-6,9-10H2,1H3,(H,19,20). The van der Waals surface area contributed by atoms with E-state index in [1.165, 1.54) is 5.57 Å². The van der Waals surface area contributed by atoms with Gasteiger partial charge in [-0.1, -0.05) is 42.3 Å². The predicted octanol–water partition coefficient (Wildman–Crippen LogP) is 4.63. The van der Waals surface area contributed by atoms with Gasteiger partial charge in [-0.05, 0) is 48.4 Å². The van der Waals surface area contributed by atoms with Crippen molar-refractivity contribution in [2.75, 3.05) is 6.54 Å². The Morgan fingerprint density at radius 2 is 2.15 bits per heavy atom. The number of amides is 1. The van der Waals surface area contributed by atoms with Crippen LogP contribution in [-0.2, 0) is 11.2 Å². The first-order valence-corrected chi connectivity index (χ1v) is 7.82. The lowest BCUT2D eigenvalue weighted by atomic mass is 9.88. The molecule has 1 N–H and O–H groups in total. The summed E-state index contributed by atoms with van der Waals surface area (Å²) in [6.45, 7) is 2.79. The molecule has 108 valence electrons. The summed E-state index contributed by atoms with van der Waals surface area (Å²) in [4.78, 5) is 11.7. The Hall–Kier alpha value is -0.990. The van der Waals surface area contributed by atoms with E-state index in [0.29, 0.717) is 16.5 Å². The van der Waals surface area contributed by atoms with Crippen molar-refractivity contribution < 1.29 is 4.79 Å². The van der Waals surface area contributed by atoms with Crippen molar-refractivity contribution in [3.05, 3.63) is 39.4 Å². The minimum absolute atomic E-state index is 0.111. The van der Waals surface area contributed by atoms with Gasteiger partial charge in [0.2, 0.25) is 5.91 Å². The lowest BCUT2D eigenvalue weighted by Crippen LogP contribution is -2.23. The highest BCUT2D eigenvalue weighted by atomic mass is 35.5. The third-order valence-corrected chi connectivity index (χ3v) is 4.36. The number of carbonyl (C=O) groups excluding carboxylic acids is 1. The summed E-state index contributed by atoms with van der Waals surface area (Å²) in [6.07, 6.45) is 6.32. The number of hydrogen-bond acceptors (Lipinski definition) is 1. The fourth-order valence-corrected chi connectivity index (χ4v) is 2.91. The number of fused-ring (bicyclic) bond motifs is 1. The zero-order valence-corrected chi connectivity index (χ0v) is 13.2. The summed E-state index contributed by atoms with van der Waals surface area (Å²) in [5.41, 5.74) is 3.47. The molecule has 0 fully saturated rings. The largest absolute Gasteiger partial charge is 0.356 e. The topological polar surface area (TPSA) is 29.1 Å². The Kier molecular flexibility index (Phi) is 5.50. The third-order valence-electron chi connectivity index (χ3n) is 3.52. The van der Waals surface area contributed by atoms with Gasteiger partial charge in [0, 0.05) is 13.0 Å². The zero-order chi connectivity index (χ0) is 14.5. The minimum atomic E-state index is 0.111. The van der Waals surface area contributed by atoms with E-state index in [1.54, 1.807) is 0 Å². The van der Waals surface area contributed by atoms with Crippen LogP contribution in [0, 0.1) is 0 Å². The molecule has 1 aromatic rings. The molecule has 0 aliphatic heterocycles. The molecule has 0 saturated carbocycles. The van der Waals surface area contributed by atoms with Gasteiger partial charge in [0.05, 0.1) is 10.0 Å². The smallest absolute Gasteiger partial charge is 0.220 e. The zero-order valence-electron chi connectivity index (χ0n) is 11.6. The molecule has 20 heavy (non-hydrogen) atoms. The van der Waals surface area contributed by atoms with Gasteiger partial charge >= 0.3 is 0 Å². The van der Waals surface area contributed by atoms with Gasteiger partial charge < -0.3 is 5.32 Å². The molecule has 0 saturated heterocycles. The first kappa shape index (κ1) is 15.4. The lowest BCUT2D eigenvalue weighted by Gasteiger charge is -2.19. The second-order valence-electron chi connectivity index (χ2n) is 5.01. The van der Waals surface area contributed by atoms with Gasteiger partial charge in [0.15, 0.2) is 0 Å². The molecule has 0 bridgehead atoms. The van der Waals surface area contributed by atoms with Crippen molar-refractivity contribution in [3.8, 4) is 0 Å². The van der Waals surface area contributed by atoms with E-state index in [-0.39, 0.29) is 5.91 Å². The number of rotatable bonds is 5. The molecule has 1 aliphatic carbocycles. The lowest BCUT2D eigenvalue weighted by molar-refractivity contribution is -0.120. The predicted molar refractivity (Wildman–Crippen MR) is 85.3 cm³/mol. The minimum Gasteiger partial charge on any atom is -0.356 e. The van der Waals surface area contributed by atoms with E-state index in [2.05, 4.69) is 11.4 Å². The maximum atomic E-state index is 11.7. The van der Waals surface area contributed by atoms with Crippen LogP contribution in [0.5, 0.6) is 0 Å². The van der Waals surface area contributed by atoms with Crippen LogP contribution in [0.1, 0.15) is 43.7 Å². The molecular formula is C16H19Cl2NO. The molecule has 1 aromatic carbocycles. The molecule has 0 spiro atoms. The van der Waals surface area contributed by atoms with Crippen molar-refractivity contribution in [1.29, 1.82) is 0 Å². The van der Waals surface area contributed by atoms with Gasteiger partial charge in [-0.15, -0.1) is 0 Å². The third kappa shape index (κ3) is 3.56. The number of allylic oxidation sites excluding steroid dienone is 2. The van der Waals surface area contributed by atoms with Crippen molar-refractivity contribution in [3.63, 3.8) is 0 Å². The molecular weight excluding hydrogens is 293 g/mol. The van der Waals surface area contributed by atoms with Gasteiger partial charge in [0.1, 0.15) is 0 Å². The maximum absolute atomic E-state index is 11.7. The Morgan fingerprint density at radius 1 is 1.35 bits per heavy atom. The van der Waals surface area contributed by atoms with E-state index in [4.69, 9.17) is 23.2 Å². The second-order valence-corrected chi connectivity index (χ2v) is 5.79. The van der Waals surface area contributed by atoms with E-state index >= 15 is 0 Å². The number of carbonyl (C=O) groups is 1. The van der Waals surface area contributed by atoms with Crippen LogP contribution < -0.4 is 5.32 Å². The average molecular weight is 312 g/mol. The first-order valence-electron chi connectivity index (χ1n) is 7.06. The molecule has 0 radical (unpaired) electrons. The highest BCUT2D eigenvalue weighted by Gasteiger charge is 2.17. The van der Waals surface area contributed by atoms with Crippen LogP contribution in [0.2, 0.25) is 10.0 Å². The Bertz CT molecular complexity index is 538. The fraction of sp³-hybridized carbons (Fsp3) is 0.438. The molecule has 1 aliphatic rings. The monoisotopic (exact) mass is 311 g/mol. The van der Waals surface area contributed by atoms with Crippen molar-refractivity contribution in [2.45, 2.75) is 39.0 Å². The van der Waals surface area contributed by atoms with Crippen molar-refractivity contribution >= 4 is 34.7 Å². The highest BCUT2D eigenvalue weighted by Crippen LogP contribution is 2.37. The molecule has 0 unspecified atom stereocenters. The summed E-state index contributed by atoms with van der Waals surface area (Å²) in [7, 11) is 0. The van der Waals surface area contributed by atoms with Crippen LogP contribution in [0.25, 0.3) is 5.57 Å². The number of hydrogen-bond donors (Lipinski definition) is 1. The van der Waals surface area contributed by atoms with Crippen LogP contribution in [-0.4, -0.2) is 12.5 Å². The van der Waals surface area contributed by atoms with Crippen LogP contribution in [0.4, 0.5) is 0 Å². The van der Waals surface area contributed by atoms with Crippen LogP contribution in [0.3, 0.4) is 0 Å². The van der Waals surface area contributed by atoms with Gasteiger partial charge in [0.25, 0.3) is 0 Å². The van der Waals surface area contributed by atoms with E-state index < -0.39 is 0 Å². The summed E-state index contributed by atoms with van der Waals surface area (Å²) >= 11 is 12.3.